The van der Waals surface area contributed by atoms with Crippen LogP contribution in [0.3, 0.4) is 0 Å². The van der Waals surface area contributed by atoms with E-state index in [1.54, 1.807) is 0 Å². The molecule has 2 heterocycles. The van der Waals surface area contributed by atoms with E-state index in [9.17, 15) is 4.79 Å². The number of ether oxygens (including phenoxy) is 2. The first-order valence-corrected chi connectivity index (χ1v) is 7.58. The van der Waals surface area contributed by atoms with E-state index in [0.717, 1.165) is 43.0 Å². The highest BCUT2D eigenvalue weighted by atomic mass is 16.6. The number of fused-ring (bicyclic) bond motifs is 1. The maximum Gasteiger partial charge on any atom is 0.225 e. The van der Waals surface area contributed by atoms with E-state index in [-0.39, 0.29) is 11.8 Å². The van der Waals surface area contributed by atoms with Crippen molar-refractivity contribution in [2.75, 3.05) is 33.4 Å². The van der Waals surface area contributed by atoms with Crippen molar-refractivity contribution >= 4 is 5.91 Å². The molecule has 0 radical (unpaired) electrons. The van der Waals surface area contributed by atoms with Gasteiger partial charge in [-0.1, -0.05) is 6.07 Å². The number of rotatable bonds is 3. The molecule has 114 valence electrons. The zero-order chi connectivity index (χ0) is 14.7. The molecule has 1 fully saturated rings. The van der Waals surface area contributed by atoms with E-state index in [1.807, 2.05) is 30.1 Å². The molecule has 2 aliphatic rings. The van der Waals surface area contributed by atoms with Gasteiger partial charge in [-0.3, -0.25) is 4.79 Å². The van der Waals surface area contributed by atoms with Gasteiger partial charge in [0.1, 0.15) is 13.2 Å². The fourth-order valence-corrected chi connectivity index (χ4v) is 2.92. The highest BCUT2D eigenvalue weighted by Crippen LogP contribution is 2.31. The Morgan fingerprint density at radius 3 is 2.71 bits per heavy atom. The molecular weight excluding hydrogens is 268 g/mol. The Bertz CT molecular complexity index is 512. The monoisotopic (exact) mass is 290 g/mol. The molecule has 0 aliphatic carbocycles. The third-order valence-electron chi connectivity index (χ3n) is 4.09. The Balaban J connectivity index is 1.63. The minimum Gasteiger partial charge on any atom is -0.486 e. The number of amides is 1. The number of benzene rings is 1. The van der Waals surface area contributed by atoms with Crippen molar-refractivity contribution in [1.82, 2.24) is 10.2 Å². The standard InChI is InChI=1S/C16H22N2O3/c1-18(16(19)13-4-6-17-7-5-13)11-12-2-3-14-15(10-12)21-9-8-20-14/h2-3,10,13,17H,4-9,11H2,1H3. The first kappa shape index (κ1) is 14.2. The molecule has 5 heteroatoms. The van der Waals surface area contributed by atoms with Crippen molar-refractivity contribution in [2.24, 2.45) is 5.92 Å². The van der Waals surface area contributed by atoms with Gasteiger partial charge in [-0.05, 0) is 43.6 Å². The third kappa shape index (κ3) is 3.29. The van der Waals surface area contributed by atoms with Gasteiger partial charge in [0.2, 0.25) is 5.91 Å². The van der Waals surface area contributed by atoms with Crippen LogP contribution >= 0.6 is 0 Å². The zero-order valence-corrected chi connectivity index (χ0v) is 12.4. The number of carbonyl (C=O) groups excluding carboxylic acids is 1. The minimum atomic E-state index is 0.161. The zero-order valence-electron chi connectivity index (χ0n) is 12.4. The second-order valence-electron chi connectivity index (χ2n) is 5.70. The number of carbonyl (C=O) groups is 1. The van der Waals surface area contributed by atoms with E-state index >= 15 is 0 Å². The van der Waals surface area contributed by atoms with Crippen molar-refractivity contribution in [1.29, 1.82) is 0 Å². The molecule has 1 aromatic rings. The molecule has 5 nitrogen and oxygen atoms in total. The summed E-state index contributed by atoms with van der Waals surface area (Å²) in [7, 11) is 1.88. The Hall–Kier alpha value is -1.75. The second kappa shape index (κ2) is 6.35. The van der Waals surface area contributed by atoms with Gasteiger partial charge in [0.25, 0.3) is 0 Å². The lowest BCUT2D eigenvalue weighted by Gasteiger charge is -2.27. The summed E-state index contributed by atoms with van der Waals surface area (Å²) in [6.07, 6.45) is 1.87. The van der Waals surface area contributed by atoms with Crippen molar-refractivity contribution in [3.63, 3.8) is 0 Å². The number of piperidine rings is 1. The van der Waals surface area contributed by atoms with Gasteiger partial charge in [0.05, 0.1) is 0 Å². The molecule has 0 unspecified atom stereocenters. The van der Waals surface area contributed by atoms with Gasteiger partial charge in [0.15, 0.2) is 11.5 Å². The van der Waals surface area contributed by atoms with Crippen molar-refractivity contribution < 1.29 is 14.3 Å². The lowest BCUT2D eigenvalue weighted by Crippen LogP contribution is -2.38. The summed E-state index contributed by atoms with van der Waals surface area (Å²) in [6.45, 7) is 3.67. The number of hydrogen-bond acceptors (Lipinski definition) is 4. The predicted molar refractivity (Wildman–Crippen MR) is 79.5 cm³/mol. The maximum absolute atomic E-state index is 12.4. The molecule has 0 spiro atoms. The van der Waals surface area contributed by atoms with E-state index in [2.05, 4.69) is 5.32 Å². The summed E-state index contributed by atoms with van der Waals surface area (Å²) in [5.74, 6) is 1.97. The van der Waals surface area contributed by atoms with Crippen molar-refractivity contribution in [3.05, 3.63) is 23.8 Å². The molecule has 0 atom stereocenters. The van der Waals surface area contributed by atoms with E-state index in [0.29, 0.717) is 19.8 Å². The molecule has 1 saturated heterocycles. The third-order valence-corrected chi connectivity index (χ3v) is 4.09. The number of nitrogens with zero attached hydrogens (tertiary/aromatic N) is 1. The van der Waals surface area contributed by atoms with Crippen LogP contribution < -0.4 is 14.8 Å². The molecule has 1 aromatic carbocycles. The van der Waals surface area contributed by atoms with E-state index < -0.39 is 0 Å². The van der Waals surface area contributed by atoms with Crippen molar-refractivity contribution in [2.45, 2.75) is 19.4 Å². The summed E-state index contributed by atoms with van der Waals surface area (Å²) in [6, 6.07) is 5.90. The molecule has 3 rings (SSSR count). The number of nitrogens with one attached hydrogen (secondary N) is 1. The summed E-state index contributed by atoms with van der Waals surface area (Å²) in [4.78, 5) is 14.3. The molecular formula is C16H22N2O3. The lowest BCUT2D eigenvalue weighted by molar-refractivity contribution is -0.135. The molecule has 0 bridgehead atoms. The lowest BCUT2D eigenvalue weighted by atomic mass is 9.96. The fourth-order valence-electron chi connectivity index (χ4n) is 2.92. The molecule has 2 aliphatic heterocycles. The van der Waals surface area contributed by atoms with Crippen LogP contribution in [0, 0.1) is 5.92 Å². The van der Waals surface area contributed by atoms with Crippen LogP contribution in [0.4, 0.5) is 0 Å². The first-order chi connectivity index (χ1) is 10.2. The average Bonchev–Trinajstić information content (AvgIpc) is 2.55. The fraction of sp³-hybridized carbons (Fsp3) is 0.562. The van der Waals surface area contributed by atoms with Gasteiger partial charge >= 0.3 is 0 Å². The van der Waals surface area contributed by atoms with Gasteiger partial charge in [0, 0.05) is 19.5 Å². The Morgan fingerprint density at radius 1 is 1.24 bits per heavy atom. The van der Waals surface area contributed by atoms with Gasteiger partial charge < -0.3 is 19.7 Å². The van der Waals surface area contributed by atoms with Crippen LogP contribution in [0.2, 0.25) is 0 Å². The minimum absolute atomic E-state index is 0.161. The normalized spacial score (nSPS) is 18.3. The van der Waals surface area contributed by atoms with Crippen molar-refractivity contribution in [3.8, 4) is 11.5 Å². The van der Waals surface area contributed by atoms with Gasteiger partial charge in [-0.2, -0.15) is 0 Å². The summed E-state index contributed by atoms with van der Waals surface area (Å²) < 4.78 is 11.1. The Labute approximate surface area is 125 Å². The molecule has 0 aromatic heterocycles. The second-order valence-corrected chi connectivity index (χ2v) is 5.70. The quantitative estimate of drug-likeness (QED) is 0.914. The topological polar surface area (TPSA) is 50.8 Å². The van der Waals surface area contributed by atoms with Crippen LogP contribution in [0.5, 0.6) is 11.5 Å². The largest absolute Gasteiger partial charge is 0.486 e. The average molecular weight is 290 g/mol. The Kier molecular flexibility index (Phi) is 4.29. The van der Waals surface area contributed by atoms with E-state index in [4.69, 9.17) is 9.47 Å². The van der Waals surface area contributed by atoms with Crippen LogP contribution in [0.25, 0.3) is 0 Å². The van der Waals surface area contributed by atoms with Crippen LogP contribution in [-0.4, -0.2) is 44.2 Å². The predicted octanol–water partition coefficient (Wildman–Crippen LogP) is 1.42. The smallest absolute Gasteiger partial charge is 0.225 e. The Morgan fingerprint density at radius 2 is 1.95 bits per heavy atom. The summed E-state index contributed by atoms with van der Waals surface area (Å²) in [5, 5.41) is 3.29. The van der Waals surface area contributed by atoms with Crippen LogP contribution in [0.15, 0.2) is 18.2 Å². The molecule has 21 heavy (non-hydrogen) atoms. The molecule has 1 N–H and O–H groups in total. The first-order valence-electron chi connectivity index (χ1n) is 7.58. The highest BCUT2D eigenvalue weighted by Gasteiger charge is 2.24. The van der Waals surface area contributed by atoms with Gasteiger partial charge in [-0.25, -0.2) is 0 Å². The SMILES string of the molecule is CN(Cc1ccc2c(c1)OCCO2)C(=O)C1CCNCC1. The van der Waals surface area contributed by atoms with Crippen LogP contribution in [-0.2, 0) is 11.3 Å². The summed E-state index contributed by atoms with van der Waals surface area (Å²) >= 11 is 0. The maximum atomic E-state index is 12.4. The highest BCUT2D eigenvalue weighted by molar-refractivity contribution is 5.78. The van der Waals surface area contributed by atoms with Crippen LogP contribution in [0.1, 0.15) is 18.4 Å². The van der Waals surface area contributed by atoms with E-state index in [1.165, 1.54) is 0 Å². The molecule has 0 saturated carbocycles. The summed E-state index contributed by atoms with van der Waals surface area (Å²) in [5.41, 5.74) is 1.07. The molecule has 1 amide bonds. The van der Waals surface area contributed by atoms with Gasteiger partial charge in [-0.15, -0.1) is 0 Å². The number of hydrogen-bond donors (Lipinski definition) is 1.